The predicted molar refractivity (Wildman–Crippen MR) is 194 cm³/mol. The van der Waals surface area contributed by atoms with Gasteiger partial charge in [0.05, 0.1) is 6.61 Å². The van der Waals surface area contributed by atoms with Crippen molar-refractivity contribution in [2.24, 2.45) is 0 Å². The van der Waals surface area contributed by atoms with Gasteiger partial charge in [-0.3, -0.25) is 4.90 Å². The van der Waals surface area contributed by atoms with E-state index in [9.17, 15) is 25.2 Å². The van der Waals surface area contributed by atoms with Crippen LogP contribution in [0.25, 0.3) is 0 Å². The predicted octanol–water partition coefficient (Wildman–Crippen LogP) is 8.76. The Bertz CT molecular complexity index is 696. The third-order valence-electron chi connectivity index (χ3n) is 9.99. The molecule has 0 bridgehead atoms. The maximum absolute atomic E-state index is 13.3. The number of carbonyl (C=O) groups is 1. The van der Waals surface area contributed by atoms with Gasteiger partial charge >= 0.3 is 6.03 Å². The van der Waals surface area contributed by atoms with Crippen LogP contribution in [0.2, 0.25) is 0 Å². The van der Waals surface area contributed by atoms with Crippen LogP contribution in [0.15, 0.2) is 0 Å². The molecule has 0 unspecified atom stereocenters. The Morgan fingerprint density at radius 2 is 0.894 bits per heavy atom. The molecule has 1 aliphatic rings. The summed E-state index contributed by atoms with van der Waals surface area (Å²) in [4.78, 5) is 14.7. The number of ether oxygens (including phenoxy) is 1. The summed E-state index contributed by atoms with van der Waals surface area (Å²) < 4.78 is 5.77. The van der Waals surface area contributed by atoms with Crippen LogP contribution in [-0.2, 0) is 4.74 Å². The topological polar surface area (TPSA) is 122 Å². The standard InChI is InChI=1S/C39H78N2O6/c1-3-5-7-9-11-13-15-17-18-19-20-22-24-26-28-30-32-41(38-37(45)36(44)35(43)34(33-42)47-38)39(46)40-31-29-27-25-23-21-16-14-12-10-8-6-4-2/h34-38,42-45H,3-33H2,1-2H3,(H,40,46)/t34-,35-,36+,37-,38-/m1/s1. The third kappa shape index (κ3) is 21.7. The van der Waals surface area contributed by atoms with Crippen LogP contribution in [0.5, 0.6) is 0 Å². The number of urea groups is 1. The van der Waals surface area contributed by atoms with Gasteiger partial charge < -0.3 is 30.5 Å². The van der Waals surface area contributed by atoms with Gasteiger partial charge in [0.2, 0.25) is 0 Å². The molecule has 0 aromatic heterocycles. The third-order valence-corrected chi connectivity index (χ3v) is 9.99. The fourth-order valence-electron chi connectivity index (χ4n) is 6.78. The lowest BCUT2D eigenvalue weighted by atomic mass is 9.97. The van der Waals surface area contributed by atoms with Gasteiger partial charge in [0, 0.05) is 13.1 Å². The van der Waals surface area contributed by atoms with Crippen molar-refractivity contribution in [1.29, 1.82) is 0 Å². The molecule has 5 N–H and O–H groups in total. The molecule has 0 radical (unpaired) electrons. The molecule has 0 saturated carbocycles. The van der Waals surface area contributed by atoms with Crippen LogP contribution in [0, 0.1) is 0 Å². The summed E-state index contributed by atoms with van der Waals surface area (Å²) in [6.45, 7) is 4.94. The van der Waals surface area contributed by atoms with E-state index in [1.165, 1.54) is 153 Å². The monoisotopic (exact) mass is 671 g/mol. The maximum Gasteiger partial charge on any atom is 0.319 e. The highest BCUT2D eigenvalue weighted by atomic mass is 16.6. The number of hydrogen-bond donors (Lipinski definition) is 5. The normalized spacial score (nSPS) is 21.3. The summed E-state index contributed by atoms with van der Waals surface area (Å²) in [5, 5.41) is 44.0. The van der Waals surface area contributed by atoms with E-state index < -0.39 is 37.3 Å². The van der Waals surface area contributed by atoms with Gasteiger partial charge in [-0.1, -0.05) is 181 Å². The second-order valence-corrected chi connectivity index (χ2v) is 14.3. The van der Waals surface area contributed by atoms with E-state index >= 15 is 0 Å². The molecular weight excluding hydrogens is 592 g/mol. The number of aliphatic hydroxyl groups is 4. The number of aliphatic hydroxyl groups excluding tert-OH is 4. The zero-order valence-corrected chi connectivity index (χ0v) is 30.9. The molecule has 1 fully saturated rings. The quantitative estimate of drug-likeness (QED) is 0.0456. The van der Waals surface area contributed by atoms with Crippen LogP contribution < -0.4 is 5.32 Å². The number of amides is 2. The Kier molecular flexibility index (Phi) is 29.2. The van der Waals surface area contributed by atoms with Gasteiger partial charge in [-0.05, 0) is 12.8 Å². The maximum atomic E-state index is 13.3. The number of nitrogens with one attached hydrogen (secondary N) is 1. The molecule has 5 atom stereocenters. The minimum absolute atomic E-state index is 0.335. The number of hydrogen-bond acceptors (Lipinski definition) is 6. The first-order valence-corrected chi connectivity index (χ1v) is 20.3. The first-order valence-electron chi connectivity index (χ1n) is 20.3. The van der Waals surface area contributed by atoms with Crippen molar-refractivity contribution in [3.8, 4) is 0 Å². The summed E-state index contributed by atoms with van der Waals surface area (Å²) in [6, 6.07) is -0.335. The lowest BCUT2D eigenvalue weighted by Crippen LogP contribution is -2.65. The van der Waals surface area contributed by atoms with Gasteiger partial charge in [-0.15, -0.1) is 0 Å². The van der Waals surface area contributed by atoms with E-state index in [1.807, 2.05) is 0 Å². The smallest absolute Gasteiger partial charge is 0.319 e. The van der Waals surface area contributed by atoms with Crippen molar-refractivity contribution in [3.05, 3.63) is 0 Å². The summed E-state index contributed by atoms with van der Waals surface area (Å²) in [6.07, 6.45) is 28.7. The largest absolute Gasteiger partial charge is 0.394 e. The molecule has 0 spiro atoms. The average Bonchev–Trinajstić information content (AvgIpc) is 3.07. The summed E-state index contributed by atoms with van der Waals surface area (Å²) in [7, 11) is 0. The van der Waals surface area contributed by atoms with Gasteiger partial charge in [-0.25, -0.2) is 4.79 Å². The zero-order valence-electron chi connectivity index (χ0n) is 30.9. The van der Waals surface area contributed by atoms with Crippen LogP contribution >= 0.6 is 0 Å². The molecule has 47 heavy (non-hydrogen) atoms. The molecule has 1 aliphatic heterocycles. The fourth-order valence-corrected chi connectivity index (χ4v) is 6.78. The highest BCUT2D eigenvalue weighted by molar-refractivity contribution is 5.74. The number of unbranched alkanes of at least 4 members (excludes halogenated alkanes) is 26. The van der Waals surface area contributed by atoms with E-state index in [0.717, 1.165) is 32.1 Å². The van der Waals surface area contributed by atoms with Crippen molar-refractivity contribution in [1.82, 2.24) is 10.2 Å². The van der Waals surface area contributed by atoms with Gasteiger partial charge in [0.15, 0.2) is 6.23 Å². The van der Waals surface area contributed by atoms with Crippen molar-refractivity contribution < 1.29 is 30.0 Å². The number of nitrogens with zero attached hydrogens (tertiary/aromatic N) is 1. The van der Waals surface area contributed by atoms with Crippen molar-refractivity contribution in [2.75, 3.05) is 19.7 Å². The molecule has 0 aromatic carbocycles. The lowest BCUT2D eigenvalue weighted by molar-refractivity contribution is -0.257. The summed E-state index contributed by atoms with van der Waals surface area (Å²) in [5.74, 6) is 0. The SMILES string of the molecule is CCCCCCCCCCCCCCCCCCN(C(=O)NCCCCCCCCCCCCCC)[C@@H]1O[C@H](CO)[C@@H](O)[C@H](O)[C@H]1O. The highest BCUT2D eigenvalue weighted by Crippen LogP contribution is 2.25. The lowest BCUT2D eigenvalue weighted by Gasteiger charge is -2.44. The average molecular weight is 671 g/mol. The van der Waals surface area contributed by atoms with Crippen LogP contribution in [-0.4, -0.2) is 81.7 Å². The Morgan fingerprint density at radius 3 is 1.28 bits per heavy atom. The van der Waals surface area contributed by atoms with E-state index in [2.05, 4.69) is 19.2 Å². The Balaban J connectivity index is 2.30. The molecule has 2 amide bonds. The molecule has 1 rings (SSSR count). The second-order valence-electron chi connectivity index (χ2n) is 14.3. The highest BCUT2D eigenvalue weighted by Gasteiger charge is 2.46. The first kappa shape index (κ1) is 44.1. The molecule has 1 heterocycles. The Hall–Kier alpha value is -0.930. The summed E-state index contributed by atoms with van der Waals surface area (Å²) >= 11 is 0. The second kappa shape index (κ2) is 31.1. The van der Waals surface area contributed by atoms with Crippen LogP contribution in [0.3, 0.4) is 0 Å². The van der Waals surface area contributed by atoms with E-state index in [-0.39, 0.29) is 6.03 Å². The molecule has 280 valence electrons. The van der Waals surface area contributed by atoms with E-state index in [1.54, 1.807) is 0 Å². The Morgan fingerprint density at radius 1 is 0.532 bits per heavy atom. The molecule has 0 aliphatic carbocycles. The van der Waals surface area contributed by atoms with Crippen LogP contribution in [0.4, 0.5) is 4.79 Å². The minimum atomic E-state index is -1.50. The van der Waals surface area contributed by atoms with E-state index in [0.29, 0.717) is 13.1 Å². The van der Waals surface area contributed by atoms with Crippen LogP contribution in [0.1, 0.15) is 194 Å². The van der Waals surface area contributed by atoms with Crippen molar-refractivity contribution >= 4 is 6.03 Å². The zero-order chi connectivity index (χ0) is 34.4. The van der Waals surface area contributed by atoms with Gasteiger partial charge in [0.1, 0.15) is 24.4 Å². The summed E-state index contributed by atoms with van der Waals surface area (Å²) in [5.41, 5.74) is 0. The van der Waals surface area contributed by atoms with Gasteiger partial charge in [0.25, 0.3) is 0 Å². The molecule has 0 aromatic rings. The number of rotatable bonds is 32. The number of carbonyl (C=O) groups excluding carboxylic acids is 1. The fraction of sp³-hybridized carbons (Fsp3) is 0.974. The van der Waals surface area contributed by atoms with E-state index in [4.69, 9.17) is 4.74 Å². The Labute approximate surface area is 289 Å². The molecule has 8 nitrogen and oxygen atoms in total. The minimum Gasteiger partial charge on any atom is -0.394 e. The molecule has 8 heteroatoms. The van der Waals surface area contributed by atoms with Crippen molar-refractivity contribution in [3.63, 3.8) is 0 Å². The first-order chi connectivity index (χ1) is 23.0. The van der Waals surface area contributed by atoms with Crippen molar-refractivity contribution in [2.45, 2.75) is 224 Å². The van der Waals surface area contributed by atoms with Gasteiger partial charge in [-0.2, -0.15) is 0 Å². The molecular formula is C39H78N2O6. The molecule has 1 saturated heterocycles.